The number of ether oxygens (including phenoxy) is 2. The molecule has 7 heteroatoms. The zero-order valence-corrected chi connectivity index (χ0v) is 21.7. The molecule has 36 heavy (non-hydrogen) atoms. The zero-order valence-electron chi connectivity index (χ0n) is 20.9. The highest BCUT2D eigenvalue weighted by Crippen LogP contribution is 2.30. The lowest BCUT2D eigenvalue weighted by molar-refractivity contribution is -0.0273. The van der Waals surface area contributed by atoms with E-state index in [9.17, 15) is 8.42 Å². The van der Waals surface area contributed by atoms with Crippen molar-refractivity contribution in [2.45, 2.75) is 38.4 Å². The largest absolute Gasteiger partial charge is 0.491 e. The Morgan fingerprint density at radius 2 is 1.47 bits per heavy atom. The number of likely N-dealkylation sites (tertiary alicyclic amines) is 1. The molecule has 0 aromatic heterocycles. The number of hydrogen-bond acceptors (Lipinski definition) is 5. The summed E-state index contributed by atoms with van der Waals surface area (Å²) in [5.41, 5.74) is 2.86. The van der Waals surface area contributed by atoms with E-state index in [1.807, 2.05) is 18.2 Å². The van der Waals surface area contributed by atoms with E-state index in [1.165, 1.54) is 11.1 Å². The number of hydrogen-bond donors (Lipinski definition) is 1. The molecule has 0 amide bonds. The van der Waals surface area contributed by atoms with Gasteiger partial charge in [-0.3, -0.25) is 4.72 Å². The first-order valence-electron chi connectivity index (χ1n) is 12.7. The fourth-order valence-corrected chi connectivity index (χ4v) is 5.10. The minimum atomic E-state index is -3.34. The van der Waals surface area contributed by atoms with Gasteiger partial charge in [0, 0.05) is 19.6 Å². The molecule has 3 aromatic rings. The van der Waals surface area contributed by atoms with Gasteiger partial charge >= 0.3 is 0 Å². The molecule has 0 saturated carbocycles. The molecule has 1 aliphatic rings. The van der Waals surface area contributed by atoms with Crippen LogP contribution in [0.3, 0.4) is 0 Å². The molecule has 0 bridgehead atoms. The third-order valence-electron chi connectivity index (χ3n) is 6.48. The predicted molar refractivity (Wildman–Crippen MR) is 145 cm³/mol. The highest BCUT2D eigenvalue weighted by molar-refractivity contribution is 7.92. The summed E-state index contributed by atoms with van der Waals surface area (Å²) < 4.78 is 39.0. The van der Waals surface area contributed by atoms with Crippen molar-refractivity contribution in [3.8, 4) is 5.75 Å². The summed E-state index contributed by atoms with van der Waals surface area (Å²) in [4.78, 5) is 2.45. The molecule has 0 atom stereocenters. The van der Waals surface area contributed by atoms with Gasteiger partial charge in [0.2, 0.25) is 10.0 Å². The number of para-hydroxylation sites is 2. The van der Waals surface area contributed by atoms with E-state index in [0.29, 0.717) is 18.0 Å². The number of nitrogens with zero attached hydrogens (tertiary/aromatic N) is 1. The Hall–Kier alpha value is -2.87. The zero-order chi connectivity index (χ0) is 25.2. The normalized spacial score (nSPS) is 15.2. The number of rotatable bonds is 12. The molecular formula is C29H36N2O4S. The van der Waals surface area contributed by atoms with Gasteiger partial charge in [0.15, 0.2) is 0 Å². The van der Waals surface area contributed by atoms with E-state index in [2.05, 4.69) is 58.2 Å². The molecule has 0 aliphatic carbocycles. The lowest BCUT2D eigenvalue weighted by atomic mass is 10.00. The molecule has 0 spiro atoms. The van der Waals surface area contributed by atoms with E-state index >= 15 is 0 Å². The summed E-state index contributed by atoms with van der Waals surface area (Å²) in [6.07, 6.45) is 3.04. The molecule has 1 heterocycles. The van der Waals surface area contributed by atoms with E-state index < -0.39 is 10.0 Å². The summed E-state index contributed by atoms with van der Waals surface area (Å²) in [6.45, 7) is 5.08. The van der Waals surface area contributed by atoms with E-state index in [0.717, 1.165) is 38.9 Å². The molecule has 192 valence electrons. The topological polar surface area (TPSA) is 67.9 Å². The predicted octanol–water partition coefficient (Wildman–Crippen LogP) is 5.49. The molecule has 1 N–H and O–H groups in total. The Bertz CT molecular complexity index is 1120. The van der Waals surface area contributed by atoms with Crippen LogP contribution >= 0.6 is 0 Å². The molecule has 3 aromatic carbocycles. The standard InChI is InChI=1S/C29H36N2O4S/c1-2-36(32,33)30-27-16-9-10-17-28(27)34-23-11-20-31-21-18-26(19-22-31)35-29(24-12-5-3-6-13-24)25-14-7-4-8-15-25/h3-10,12-17,26,29-30H,2,11,18-23H2,1H3. The Morgan fingerprint density at radius 1 is 0.889 bits per heavy atom. The highest BCUT2D eigenvalue weighted by Gasteiger charge is 2.24. The van der Waals surface area contributed by atoms with Crippen LogP contribution in [-0.2, 0) is 14.8 Å². The van der Waals surface area contributed by atoms with Crippen molar-refractivity contribution in [1.29, 1.82) is 0 Å². The Kier molecular flexibility index (Phi) is 9.39. The molecule has 1 aliphatic heterocycles. The van der Waals surface area contributed by atoms with Crippen LogP contribution in [0, 0.1) is 0 Å². The molecule has 4 rings (SSSR count). The number of sulfonamides is 1. The summed E-state index contributed by atoms with van der Waals surface area (Å²) in [5.74, 6) is 0.591. The van der Waals surface area contributed by atoms with Gasteiger partial charge in [-0.25, -0.2) is 8.42 Å². The van der Waals surface area contributed by atoms with Crippen molar-refractivity contribution >= 4 is 15.7 Å². The van der Waals surface area contributed by atoms with Crippen LogP contribution in [0.4, 0.5) is 5.69 Å². The van der Waals surface area contributed by atoms with E-state index in [1.54, 1.807) is 25.1 Å². The smallest absolute Gasteiger partial charge is 0.232 e. The van der Waals surface area contributed by atoms with E-state index in [-0.39, 0.29) is 18.0 Å². The average molecular weight is 509 g/mol. The number of benzene rings is 3. The van der Waals surface area contributed by atoms with Crippen LogP contribution < -0.4 is 9.46 Å². The maximum absolute atomic E-state index is 11.9. The first kappa shape index (κ1) is 26.2. The van der Waals surface area contributed by atoms with Crippen molar-refractivity contribution in [2.24, 2.45) is 0 Å². The summed E-state index contributed by atoms with van der Waals surface area (Å²) in [7, 11) is -3.34. The van der Waals surface area contributed by atoms with Gasteiger partial charge in [0.1, 0.15) is 11.9 Å². The second-order valence-electron chi connectivity index (χ2n) is 9.08. The third kappa shape index (κ3) is 7.56. The van der Waals surface area contributed by atoms with Crippen molar-refractivity contribution in [3.05, 3.63) is 96.1 Å². The van der Waals surface area contributed by atoms with Crippen LogP contribution in [0.25, 0.3) is 0 Å². The van der Waals surface area contributed by atoms with Crippen LogP contribution in [0.15, 0.2) is 84.9 Å². The van der Waals surface area contributed by atoms with Gasteiger partial charge in [-0.2, -0.15) is 0 Å². The second-order valence-corrected chi connectivity index (χ2v) is 11.1. The number of anilines is 1. The van der Waals surface area contributed by atoms with Crippen molar-refractivity contribution in [1.82, 2.24) is 4.90 Å². The first-order chi connectivity index (χ1) is 17.5. The van der Waals surface area contributed by atoms with Gasteiger partial charge in [-0.15, -0.1) is 0 Å². The lowest BCUT2D eigenvalue weighted by Gasteiger charge is -2.34. The van der Waals surface area contributed by atoms with Crippen LogP contribution in [0.1, 0.15) is 43.4 Å². The monoisotopic (exact) mass is 508 g/mol. The van der Waals surface area contributed by atoms with Crippen molar-refractivity contribution in [2.75, 3.05) is 36.7 Å². The highest BCUT2D eigenvalue weighted by atomic mass is 32.2. The molecule has 1 fully saturated rings. The fraction of sp³-hybridized carbons (Fsp3) is 0.379. The third-order valence-corrected chi connectivity index (χ3v) is 7.77. The SMILES string of the molecule is CCS(=O)(=O)Nc1ccccc1OCCCN1CCC(OC(c2ccccc2)c2ccccc2)CC1. The molecule has 1 saturated heterocycles. The van der Waals surface area contributed by atoms with Gasteiger partial charge in [-0.05, 0) is 49.4 Å². The minimum Gasteiger partial charge on any atom is -0.491 e. The van der Waals surface area contributed by atoms with Crippen molar-refractivity contribution in [3.63, 3.8) is 0 Å². The van der Waals surface area contributed by atoms with Crippen molar-refractivity contribution < 1.29 is 17.9 Å². The summed E-state index contributed by atoms with van der Waals surface area (Å²) in [6, 6.07) is 28.1. The first-order valence-corrected chi connectivity index (χ1v) is 14.4. The Morgan fingerprint density at radius 3 is 2.08 bits per heavy atom. The van der Waals surface area contributed by atoms with Gasteiger partial charge in [-0.1, -0.05) is 72.8 Å². The van der Waals surface area contributed by atoms with Crippen LogP contribution in [0.5, 0.6) is 5.75 Å². The lowest BCUT2D eigenvalue weighted by Crippen LogP contribution is -2.38. The van der Waals surface area contributed by atoms with E-state index in [4.69, 9.17) is 9.47 Å². The Balaban J connectivity index is 1.23. The maximum atomic E-state index is 11.9. The quantitative estimate of drug-likeness (QED) is 0.328. The molecule has 0 radical (unpaired) electrons. The molecular weight excluding hydrogens is 472 g/mol. The Labute approximate surface area is 215 Å². The number of piperidine rings is 1. The number of nitrogens with one attached hydrogen (secondary N) is 1. The van der Waals surface area contributed by atoms with Gasteiger partial charge in [0.05, 0.1) is 24.2 Å². The second kappa shape index (κ2) is 12.9. The fourth-order valence-electron chi connectivity index (χ4n) is 4.45. The van der Waals surface area contributed by atoms with Gasteiger partial charge in [0.25, 0.3) is 0 Å². The van der Waals surface area contributed by atoms with Crippen LogP contribution in [-0.4, -0.2) is 51.4 Å². The maximum Gasteiger partial charge on any atom is 0.232 e. The summed E-state index contributed by atoms with van der Waals surface area (Å²) in [5, 5.41) is 0. The summed E-state index contributed by atoms with van der Waals surface area (Å²) >= 11 is 0. The minimum absolute atomic E-state index is 0.0262. The molecule has 6 nitrogen and oxygen atoms in total. The van der Waals surface area contributed by atoms with Gasteiger partial charge < -0.3 is 14.4 Å². The van der Waals surface area contributed by atoms with Crippen LogP contribution in [0.2, 0.25) is 0 Å². The average Bonchev–Trinajstić information content (AvgIpc) is 2.92. The molecule has 0 unspecified atom stereocenters.